The monoisotopic (exact) mass is 289 g/mol. The molecule has 4 heteroatoms. The SMILES string of the molecule is Cc1ccc(OCCNC(=O)Cc2cccs2)cc1C. The molecule has 0 fully saturated rings. The van der Waals surface area contributed by atoms with Gasteiger partial charge >= 0.3 is 0 Å². The lowest BCUT2D eigenvalue weighted by atomic mass is 10.1. The first kappa shape index (κ1) is 14.6. The Bertz CT molecular complexity index is 564. The predicted octanol–water partition coefficient (Wildman–Crippen LogP) is 3.10. The zero-order chi connectivity index (χ0) is 14.4. The van der Waals surface area contributed by atoms with Gasteiger partial charge in [0.15, 0.2) is 0 Å². The Morgan fingerprint density at radius 1 is 1.25 bits per heavy atom. The van der Waals surface area contributed by atoms with Crippen LogP contribution in [0.15, 0.2) is 35.7 Å². The van der Waals surface area contributed by atoms with Crippen LogP contribution in [-0.2, 0) is 11.2 Å². The number of amides is 1. The Morgan fingerprint density at radius 3 is 2.80 bits per heavy atom. The van der Waals surface area contributed by atoms with Gasteiger partial charge in [-0.05, 0) is 48.6 Å². The first-order valence-electron chi connectivity index (χ1n) is 6.64. The van der Waals surface area contributed by atoms with E-state index in [1.165, 1.54) is 11.1 Å². The molecule has 1 aromatic carbocycles. The molecular formula is C16H19NO2S. The van der Waals surface area contributed by atoms with Crippen LogP contribution in [0.4, 0.5) is 0 Å². The van der Waals surface area contributed by atoms with Gasteiger partial charge in [0.25, 0.3) is 0 Å². The molecule has 0 spiro atoms. The molecule has 0 bridgehead atoms. The van der Waals surface area contributed by atoms with Gasteiger partial charge in [-0.25, -0.2) is 0 Å². The summed E-state index contributed by atoms with van der Waals surface area (Å²) in [5.41, 5.74) is 2.46. The molecule has 2 rings (SSSR count). The van der Waals surface area contributed by atoms with Gasteiger partial charge in [0, 0.05) is 4.88 Å². The first-order chi connectivity index (χ1) is 9.65. The van der Waals surface area contributed by atoms with Crippen LogP contribution in [0.5, 0.6) is 5.75 Å². The van der Waals surface area contributed by atoms with Crippen molar-refractivity contribution in [3.63, 3.8) is 0 Å². The normalized spacial score (nSPS) is 10.3. The van der Waals surface area contributed by atoms with Gasteiger partial charge in [0.05, 0.1) is 13.0 Å². The Kier molecular flexibility index (Phi) is 5.18. The second-order valence-corrected chi connectivity index (χ2v) is 5.73. The fraction of sp³-hybridized carbons (Fsp3) is 0.312. The zero-order valence-corrected chi connectivity index (χ0v) is 12.6. The molecule has 1 heterocycles. The van der Waals surface area contributed by atoms with E-state index in [1.807, 2.05) is 35.7 Å². The molecule has 0 unspecified atom stereocenters. The number of nitrogens with one attached hydrogen (secondary N) is 1. The topological polar surface area (TPSA) is 38.3 Å². The lowest BCUT2D eigenvalue weighted by Crippen LogP contribution is -2.29. The minimum absolute atomic E-state index is 0.0381. The second kappa shape index (κ2) is 7.10. The molecule has 0 aliphatic heterocycles. The average molecular weight is 289 g/mol. The van der Waals surface area contributed by atoms with Gasteiger partial charge in [-0.15, -0.1) is 11.3 Å². The molecule has 0 aliphatic carbocycles. The number of hydrogen-bond donors (Lipinski definition) is 1. The highest BCUT2D eigenvalue weighted by Crippen LogP contribution is 2.16. The summed E-state index contributed by atoms with van der Waals surface area (Å²) in [5, 5.41) is 4.84. The van der Waals surface area contributed by atoms with E-state index in [-0.39, 0.29) is 5.91 Å². The van der Waals surface area contributed by atoms with E-state index in [0.29, 0.717) is 19.6 Å². The van der Waals surface area contributed by atoms with Crippen molar-refractivity contribution < 1.29 is 9.53 Å². The third-order valence-corrected chi connectivity index (χ3v) is 3.96. The molecule has 106 valence electrons. The molecule has 1 aromatic heterocycles. The summed E-state index contributed by atoms with van der Waals surface area (Å²) in [7, 11) is 0. The van der Waals surface area contributed by atoms with Crippen LogP contribution >= 0.6 is 11.3 Å². The number of benzene rings is 1. The maximum Gasteiger partial charge on any atom is 0.225 e. The molecule has 0 aliphatic rings. The molecule has 0 atom stereocenters. The largest absolute Gasteiger partial charge is 0.492 e. The summed E-state index contributed by atoms with van der Waals surface area (Å²) in [6.45, 7) is 5.14. The first-order valence-corrected chi connectivity index (χ1v) is 7.52. The molecule has 2 aromatic rings. The van der Waals surface area contributed by atoms with Crippen LogP contribution in [0.2, 0.25) is 0 Å². The third-order valence-electron chi connectivity index (χ3n) is 3.09. The highest BCUT2D eigenvalue weighted by Gasteiger charge is 2.03. The maximum absolute atomic E-state index is 11.7. The fourth-order valence-corrected chi connectivity index (χ4v) is 2.50. The number of aryl methyl sites for hydroxylation is 2. The van der Waals surface area contributed by atoms with E-state index in [9.17, 15) is 4.79 Å². The Morgan fingerprint density at radius 2 is 2.10 bits per heavy atom. The highest BCUT2D eigenvalue weighted by atomic mass is 32.1. The molecule has 0 saturated heterocycles. The van der Waals surface area contributed by atoms with Crippen LogP contribution in [0.3, 0.4) is 0 Å². The van der Waals surface area contributed by atoms with Crippen molar-refractivity contribution in [2.75, 3.05) is 13.2 Å². The number of rotatable bonds is 6. The summed E-state index contributed by atoms with van der Waals surface area (Å²) in [6, 6.07) is 9.94. The zero-order valence-electron chi connectivity index (χ0n) is 11.8. The van der Waals surface area contributed by atoms with Crippen LogP contribution in [-0.4, -0.2) is 19.1 Å². The Hall–Kier alpha value is -1.81. The number of carbonyl (C=O) groups excluding carboxylic acids is 1. The summed E-state index contributed by atoms with van der Waals surface area (Å²) >= 11 is 1.60. The quantitative estimate of drug-likeness (QED) is 0.830. The van der Waals surface area contributed by atoms with Crippen LogP contribution in [0.1, 0.15) is 16.0 Å². The fourth-order valence-electron chi connectivity index (χ4n) is 1.80. The third kappa shape index (κ3) is 4.38. The van der Waals surface area contributed by atoms with Gasteiger partial charge in [-0.1, -0.05) is 12.1 Å². The van der Waals surface area contributed by atoms with E-state index < -0.39 is 0 Å². The van der Waals surface area contributed by atoms with Crippen LogP contribution < -0.4 is 10.1 Å². The minimum atomic E-state index is 0.0381. The summed E-state index contributed by atoms with van der Waals surface area (Å²) in [4.78, 5) is 12.7. The summed E-state index contributed by atoms with van der Waals surface area (Å²) < 4.78 is 5.62. The van der Waals surface area contributed by atoms with Crippen molar-refractivity contribution >= 4 is 17.2 Å². The maximum atomic E-state index is 11.7. The molecule has 1 amide bonds. The Labute approximate surface area is 123 Å². The van der Waals surface area contributed by atoms with Crippen molar-refractivity contribution in [1.29, 1.82) is 0 Å². The summed E-state index contributed by atoms with van der Waals surface area (Å²) in [5.74, 6) is 0.886. The van der Waals surface area contributed by atoms with Crippen molar-refractivity contribution in [3.8, 4) is 5.75 Å². The average Bonchev–Trinajstić information content (AvgIpc) is 2.91. The highest BCUT2D eigenvalue weighted by molar-refractivity contribution is 7.10. The van der Waals surface area contributed by atoms with Crippen LogP contribution in [0.25, 0.3) is 0 Å². The number of carbonyl (C=O) groups is 1. The van der Waals surface area contributed by atoms with Crippen LogP contribution in [0, 0.1) is 13.8 Å². The molecule has 20 heavy (non-hydrogen) atoms. The molecule has 0 radical (unpaired) electrons. The van der Waals surface area contributed by atoms with Gasteiger partial charge in [0.2, 0.25) is 5.91 Å². The van der Waals surface area contributed by atoms with Gasteiger partial charge in [0.1, 0.15) is 12.4 Å². The van der Waals surface area contributed by atoms with E-state index >= 15 is 0 Å². The van der Waals surface area contributed by atoms with E-state index in [0.717, 1.165) is 10.6 Å². The molecule has 0 saturated carbocycles. The lowest BCUT2D eigenvalue weighted by molar-refractivity contribution is -0.120. The van der Waals surface area contributed by atoms with Crippen molar-refractivity contribution in [2.45, 2.75) is 20.3 Å². The second-order valence-electron chi connectivity index (χ2n) is 4.70. The van der Waals surface area contributed by atoms with E-state index in [2.05, 4.69) is 19.2 Å². The lowest BCUT2D eigenvalue weighted by Gasteiger charge is -2.09. The molecular weight excluding hydrogens is 270 g/mol. The van der Waals surface area contributed by atoms with E-state index in [4.69, 9.17) is 4.74 Å². The van der Waals surface area contributed by atoms with Crippen molar-refractivity contribution in [3.05, 3.63) is 51.7 Å². The Balaban J connectivity index is 1.68. The van der Waals surface area contributed by atoms with Crippen molar-refractivity contribution in [2.24, 2.45) is 0 Å². The van der Waals surface area contributed by atoms with Gasteiger partial charge in [-0.2, -0.15) is 0 Å². The van der Waals surface area contributed by atoms with Gasteiger partial charge < -0.3 is 10.1 Å². The standard InChI is InChI=1S/C16H19NO2S/c1-12-5-6-14(10-13(12)2)19-8-7-17-16(18)11-15-4-3-9-20-15/h3-6,9-10H,7-8,11H2,1-2H3,(H,17,18). The van der Waals surface area contributed by atoms with E-state index in [1.54, 1.807) is 11.3 Å². The molecule has 3 nitrogen and oxygen atoms in total. The number of ether oxygens (including phenoxy) is 1. The van der Waals surface area contributed by atoms with Gasteiger partial charge in [-0.3, -0.25) is 4.79 Å². The molecule has 1 N–H and O–H groups in total. The summed E-state index contributed by atoms with van der Waals surface area (Å²) in [6.07, 6.45) is 0.446. The number of hydrogen-bond acceptors (Lipinski definition) is 3. The van der Waals surface area contributed by atoms with Crippen molar-refractivity contribution in [1.82, 2.24) is 5.32 Å². The predicted molar refractivity (Wildman–Crippen MR) is 82.4 cm³/mol. The minimum Gasteiger partial charge on any atom is -0.492 e. The number of thiophene rings is 1. The smallest absolute Gasteiger partial charge is 0.225 e.